The van der Waals surface area contributed by atoms with Gasteiger partial charge >= 0.3 is 0 Å². The highest BCUT2D eigenvalue weighted by Gasteiger charge is 2.32. The summed E-state index contributed by atoms with van der Waals surface area (Å²) in [6, 6.07) is 14.5. The molecule has 1 amide bonds. The average Bonchev–Trinajstić information content (AvgIpc) is 3.63. The van der Waals surface area contributed by atoms with Crippen LogP contribution in [0, 0.1) is 19.8 Å². The maximum absolute atomic E-state index is 13.3. The van der Waals surface area contributed by atoms with E-state index in [1.807, 2.05) is 50.4 Å². The normalized spacial score (nSPS) is 15.8. The predicted molar refractivity (Wildman–Crippen MR) is 148 cm³/mol. The Hall–Kier alpha value is -3.02. The number of hydrogen-bond donors (Lipinski definition) is 1. The van der Waals surface area contributed by atoms with Gasteiger partial charge in [-0.2, -0.15) is 0 Å². The smallest absolute Gasteiger partial charge is 0.265 e. The Bertz CT molecular complexity index is 1550. The molecule has 2 aromatic carbocycles. The SMILES string of the molecule is Cc1ccc(NS(=O)(=O)c2ccsc2C(=O)N2CCC(Cc3cn(-c4cccc(Br)c4C)nn3)C2)cc1. The number of anilines is 1. The summed E-state index contributed by atoms with van der Waals surface area (Å²) in [5.74, 6) is -0.0291. The van der Waals surface area contributed by atoms with Gasteiger partial charge in [-0.1, -0.05) is 44.9 Å². The highest BCUT2D eigenvalue weighted by molar-refractivity contribution is 9.10. The number of thiophene rings is 1. The maximum atomic E-state index is 13.3. The average molecular weight is 601 g/mol. The van der Waals surface area contributed by atoms with Crippen LogP contribution in [0.3, 0.4) is 0 Å². The molecule has 0 spiro atoms. The van der Waals surface area contributed by atoms with E-state index in [0.717, 1.165) is 44.7 Å². The fourth-order valence-corrected chi connectivity index (χ4v) is 7.28. The van der Waals surface area contributed by atoms with Crippen molar-refractivity contribution in [2.24, 2.45) is 5.92 Å². The fraction of sp³-hybridized carbons (Fsp3) is 0.269. The Balaban J connectivity index is 1.25. The molecular formula is C26H26BrN5O3S2. The van der Waals surface area contributed by atoms with Gasteiger partial charge in [0.15, 0.2) is 0 Å². The summed E-state index contributed by atoms with van der Waals surface area (Å²) < 4.78 is 31.5. The number of likely N-dealkylation sites (tertiary alicyclic amines) is 1. The Labute approximate surface area is 228 Å². The number of carbonyl (C=O) groups is 1. The summed E-state index contributed by atoms with van der Waals surface area (Å²) >= 11 is 4.71. The van der Waals surface area contributed by atoms with Crippen molar-refractivity contribution in [2.45, 2.75) is 31.6 Å². The van der Waals surface area contributed by atoms with Crippen LogP contribution in [-0.2, 0) is 16.4 Å². The summed E-state index contributed by atoms with van der Waals surface area (Å²) in [7, 11) is -3.89. The molecule has 1 atom stereocenters. The molecule has 1 N–H and O–H groups in total. The number of sulfonamides is 1. The predicted octanol–water partition coefficient (Wildman–Crippen LogP) is 5.21. The second kappa shape index (κ2) is 10.4. The van der Waals surface area contributed by atoms with Gasteiger partial charge in [0, 0.05) is 23.2 Å². The molecule has 1 fully saturated rings. The lowest BCUT2D eigenvalue weighted by Gasteiger charge is -2.17. The van der Waals surface area contributed by atoms with Crippen LogP contribution in [0.15, 0.2) is 69.5 Å². The van der Waals surface area contributed by atoms with Crippen molar-refractivity contribution in [3.05, 3.63) is 86.3 Å². The minimum Gasteiger partial charge on any atom is -0.338 e. The van der Waals surface area contributed by atoms with Crippen molar-refractivity contribution in [3.63, 3.8) is 0 Å². The molecule has 192 valence electrons. The van der Waals surface area contributed by atoms with E-state index < -0.39 is 10.0 Å². The highest BCUT2D eigenvalue weighted by atomic mass is 79.9. The lowest BCUT2D eigenvalue weighted by molar-refractivity contribution is 0.0788. The summed E-state index contributed by atoms with van der Waals surface area (Å²) in [4.78, 5) is 15.3. The van der Waals surface area contributed by atoms with Gasteiger partial charge in [0.05, 0.1) is 17.6 Å². The van der Waals surface area contributed by atoms with E-state index in [1.54, 1.807) is 27.1 Å². The van der Waals surface area contributed by atoms with Crippen LogP contribution in [0.1, 0.15) is 32.9 Å². The van der Waals surface area contributed by atoms with E-state index in [2.05, 4.69) is 31.0 Å². The Morgan fingerprint density at radius 1 is 1.16 bits per heavy atom. The fourth-order valence-electron chi connectivity index (χ4n) is 4.47. The number of rotatable bonds is 7. The van der Waals surface area contributed by atoms with E-state index in [4.69, 9.17) is 0 Å². The molecule has 0 saturated carbocycles. The van der Waals surface area contributed by atoms with Gasteiger partial charge in [0.1, 0.15) is 9.77 Å². The molecular weight excluding hydrogens is 574 g/mol. The van der Waals surface area contributed by atoms with E-state index in [0.29, 0.717) is 25.2 Å². The molecule has 8 nitrogen and oxygen atoms in total. The molecule has 37 heavy (non-hydrogen) atoms. The number of nitrogens with one attached hydrogen (secondary N) is 1. The van der Waals surface area contributed by atoms with Crippen molar-refractivity contribution in [3.8, 4) is 5.69 Å². The highest BCUT2D eigenvalue weighted by Crippen LogP contribution is 2.29. The number of halogens is 1. The van der Waals surface area contributed by atoms with Crippen molar-refractivity contribution < 1.29 is 13.2 Å². The zero-order chi connectivity index (χ0) is 26.2. The first-order valence-corrected chi connectivity index (χ1v) is 15.0. The molecule has 4 aromatic rings. The van der Waals surface area contributed by atoms with Crippen molar-refractivity contribution in [1.82, 2.24) is 19.9 Å². The molecule has 0 aliphatic carbocycles. The molecule has 1 saturated heterocycles. The first-order chi connectivity index (χ1) is 17.7. The molecule has 0 bridgehead atoms. The van der Waals surface area contributed by atoms with E-state index in [9.17, 15) is 13.2 Å². The summed E-state index contributed by atoms with van der Waals surface area (Å²) in [5.41, 5.74) is 4.39. The van der Waals surface area contributed by atoms with Crippen LogP contribution in [0.2, 0.25) is 0 Å². The van der Waals surface area contributed by atoms with Gasteiger partial charge < -0.3 is 4.90 Å². The lowest BCUT2D eigenvalue weighted by atomic mass is 10.0. The minimum absolute atomic E-state index is 0.0128. The van der Waals surface area contributed by atoms with E-state index >= 15 is 0 Å². The molecule has 1 aliphatic heterocycles. The monoisotopic (exact) mass is 599 g/mol. The molecule has 3 heterocycles. The van der Waals surface area contributed by atoms with Gasteiger partial charge in [0.25, 0.3) is 15.9 Å². The largest absolute Gasteiger partial charge is 0.338 e. The number of aryl methyl sites for hydroxylation is 1. The van der Waals surface area contributed by atoms with Crippen molar-refractivity contribution in [2.75, 3.05) is 17.8 Å². The van der Waals surface area contributed by atoms with Crippen LogP contribution >= 0.6 is 27.3 Å². The van der Waals surface area contributed by atoms with Gasteiger partial charge in [-0.25, -0.2) is 13.1 Å². The summed E-state index contributed by atoms with van der Waals surface area (Å²) in [6.45, 7) is 5.08. The quantitative estimate of drug-likeness (QED) is 0.314. The lowest BCUT2D eigenvalue weighted by Crippen LogP contribution is -2.29. The first-order valence-electron chi connectivity index (χ1n) is 11.8. The van der Waals surface area contributed by atoms with Gasteiger partial charge in [-0.3, -0.25) is 9.52 Å². The minimum atomic E-state index is -3.89. The second-order valence-electron chi connectivity index (χ2n) is 9.23. The zero-order valence-corrected chi connectivity index (χ0v) is 23.6. The number of aromatic nitrogens is 3. The van der Waals surface area contributed by atoms with E-state index in [1.165, 1.54) is 6.07 Å². The van der Waals surface area contributed by atoms with Crippen molar-refractivity contribution in [1.29, 1.82) is 0 Å². The summed E-state index contributed by atoms with van der Waals surface area (Å²) in [5, 5.41) is 10.3. The number of nitrogens with zero attached hydrogens (tertiary/aromatic N) is 4. The van der Waals surface area contributed by atoms with Gasteiger partial charge in [-0.05, 0) is 73.9 Å². The molecule has 0 radical (unpaired) electrons. The van der Waals surface area contributed by atoms with Crippen LogP contribution in [0.4, 0.5) is 5.69 Å². The van der Waals surface area contributed by atoms with Crippen LogP contribution in [-0.4, -0.2) is 47.3 Å². The van der Waals surface area contributed by atoms with Crippen molar-refractivity contribution >= 4 is 48.9 Å². The number of benzene rings is 2. The number of hydrogen-bond acceptors (Lipinski definition) is 6. The Morgan fingerprint density at radius 2 is 1.95 bits per heavy atom. The maximum Gasteiger partial charge on any atom is 0.265 e. The van der Waals surface area contributed by atoms with Gasteiger partial charge in [-0.15, -0.1) is 16.4 Å². The number of carbonyl (C=O) groups excluding carboxylic acids is 1. The summed E-state index contributed by atoms with van der Waals surface area (Å²) in [6.07, 6.45) is 3.45. The molecule has 1 aliphatic rings. The molecule has 11 heteroatoms. The molecule has 2 aromatic heterocycles. The molecule has 5 rings (SSSR count). The zero-order valence-electron chi connectivity index (χ0n) is 20.4. The Morgan fingerprint density at radius 3 is 2.73 bits per heavy atom. The van der Waals surface area contributed by atoms with Crippen LogP contribution in [0.25, 0.3) is 5.69 Å². The van der Waals surface area contributed by atoms with Gasteiger partial charge in [0.2, 0.25) is 0 Å². The third-order valence-corrected chi connectivity index (χ3v) is 9.83. The van der Waals surface area contributed by atoms with E-state index in [-0.39, 0.29) is 21.6 Å². The Kier molecular flexibility index (Phi) is 7.19. The van der Waals surface area contributed by atoms with Crippen LogP contribution in [0.5, 0.6) is 0 Å². The third-order valence-electron chi connectivity index (χ3n) is 6.51. The first kappa shape index (κ1) is 25.6. The topological polar surface area (TPSA) is 97.2 Å². The second-order valence-corrected chi connectivity index (χ2v) is 12.7. The standard InChI is InChI=1S/C26H26BrN5O3S2/c1-17-6-8-20(9-7-17)29-37(34,35)24-11-13-36-25(24)26(33)31-12-10-19(15-31)14-21-16-32(30-28-21)23-5-3-4-22(27)18(23)2/h3-9,11,13,16,19,29H,10,12,14-15H2,1-2H3. The van der Waals surface area contributed by atoms with Crippen LogP contribution < -0.4 is 4.72 Å². The third kappa shape index (κ3) is 5.48. The molecule has 1 unspecified atom stereocenters. The number of amides is 1.